The molecule has 0 spiro atoms. The summed E-state index contributed by atoms with van der Waals surface area (Å²) in [7, 11) is 0. The molecule has 2 bridgehead atoms. The van der Waals surface area contributed by atoms with Crippen LogP contribution in [0, 0.1) is 0 Å². The second-order valence-corrected chi connectivity index (χ2v) is 7.15. The van der Waals surface area contributed by atoms with Gasteiger partial charge in [0, 0.05) is 31.5 Å². The van der Waals surface area contributed by atoms with E-state index in [1.54, 1.807) is 0 Å². The summed E-state index contributed by atoms with van der Waals surface area (Å²) in [5.41, 5.74) is 1.34. The summed E-state index contributed by atoms with van der Waals surface area (Å²) in [6.07, 6.45) is 5.73. The molecular weight excluding hydrogens is 296 g/mol. The molecule has 4 nitrogen and oxygen atoms in total. The van der Waals surface area contributed by atoms with Crippen molar-refractivity contribution in [2.75, 3.05) is 0 Å². The third-order valence-corrected chi connectivity index (χ3v) is 5.54. The molecule has 24 heavy (non-hydrogen) atoms. The predicted octanol–water partition coefficient (Wildman–Crippen LogP) is 3.09. The summed E-state index contributed by atoms with van der Waals surface area (Å²) >= 11 is 0. The molecule has 0 aliphatic carbocycles. The molecular formula is C20H22N4. The summed E-state index contributed by atoms with van der Waals surface area (Å²) in [5, 5.41) is 15.5. The Labute approximate surface area is 141 Å². The first-order valence-electron chi connectivity index (χ1n) is 9.00. The van der Waals surface area contributed by atoms with E-state index < -0.39 is 0 Å². The molecule has 1 fully saturated rings. The van der Waals surface area contributed by atoms with Crippen molar-refractivity contribution >= 4 is 10.8 Å². The van der Waals surface area contributed by atoms with Gasteiger partial charge < -0.3 is 9.88 Å². The minimum absolute atomic E-state index is 0.576. The van der Waals surface area contributed by atoms with E-state index in [4.69, 9.17) is 0 Å². The highest BCUT2D eigenvalue weighted by molar-refractivity contribution is 5.85. The second-order valence-electron chi connectivity index (χ2n) is 7.15. The number of piperidine rings is 1. The minimum Gasteiger partial charge on any atom is -0.313 e. The average molecular weight is 318 g/mol. The molecule has 2 aromatic carbocycles. The highest BCUT2D eigenvalue weighted by atomic mass is 15.3. The number of rotatable bonds is 2. The third-order valence-electron chi connectivity index (χ3n) is 5.54. The molecule has 2 aliphatic heterocycles. The van der Waals surface area contributed by atoms with E-state index >= 15 is 0 Å². The van der Waals surface area contributed by atoms with Gasteiger partial charge in [0.05, 0.1) is 0 Å². The van der Waals surface area contributed by atoms with Gasteiger partial charge in [-0.3, -0.25) is 0 Å². The molecule has 3 heterocycles. The second kappa shape index (κ2) is 5.71. The van der Waals surface area contributed by atoms with Gasteiger partial charge in [0.25, 0.3) is 0 Å². The van der Waals surface area contributed by atoms with E-state index in [1.165, 1.54) is 35.6 Å². The first-order chi connectivity index (χ1) is 11.9. The van der Waals surface area contributed by atoms with Crippen molar-refractivity contribution in [3.63, 3.8) is 0 Å². The highest BCUT2D eigenvalue weighted by Crippen LogP contribution is 2.25. The normalized spacial score (nSPS) is 23.0. The summed E-state index contributed by atoms with van der Waals surface area (Å²) in [5.74, 6) is 2.27. The standard InChI is InChI=1S/C20H22N4/c1-2-10-18-14(5-1)6-3-7-15(18)11-19-22-23-20-12-16-8-4-9-17(21-16)13-24(19)20/h1-3,5-7,10,16-17,21H,4,8-9,11-13H2. The average Bonchev–Trinajstić information content (AvgIpc) is 2.91. The molecule has 2 atom stereocenters. The number of nitrogens with one attached hydrogen (secondary N) is 1. The number of nitrogens with zero attached hydrogens (tertiary/aromatic N) is 3. The lowest BCUT2D eigenvalue weighted by atomic mass is 9.98. The van der Waals surface area contributed by atoms with Gasteiger partial charge in [-0.1, -0.05) is 48.9 Å². The lowest BCUT2D eigenvalue weighted by Crippen LogP contribution is -2.43. The molecule has 0 saturated carbocycles. The van der Waals surface area contributed by atoms with Crippen LogP contribution in [0.2, 0.25) is 0 Å². The van der Waals surface area contributed by atoms with Crippen LogP contribution in [0.4, 0.5) is 0 Å². The van der Waals surface area contributed by atoms with E-state index in [1.807, 2.05) is 0 Å². The van der Waals surface area contributed by atoms with Crippen molar-refractivity contribution in [2.45, 2.75) is 50.7 Å². The number of aromatic nitrogens is 3. The van der Waals surface area contributed by atoms with Crippen LogP contribution in [0.15, 0.2) is 42.5 Å². The van der Waals surface area contributed by atoms with Crippen LogP contribution >= 0.6 is 0 Å². The maximum atomic E-state index is 4.55. The zero-order valence-electron chi connectivity index (χ0n) is 13.8. The quantitative estimate of drug-likeness (QED) is 0.789. The molecule has 0 radical (unpaired) electrons. The monoisotopic (exact) mass is 318 g/mol. The van der Waals surface area contributed by atoms with Gasteiger partial charge in [-0.25, -0.2) is 0 Å². The van der Waals surface area contributed by atoms with Gasteiger partial charge >= 0.3 is 0 Å². The molecule has 1 aromatic heterocycles. The van der Waals surface area contributed by atoms with E-state index in [2.05, 4.69) is 62.5 Å². The summed E-state index contributed by atoms with van der Waals surface area (Å²) in [4.78, 5) is 0. The maximum Gasteiger partial charge on any atom is 0.137 e. The van der Waals surface area contributed by atoms with Gasteiger partial charge in [0.15, 0.2) is 0 Å². The highest BCUT2D eigenvalue weighted by Gasteiger charge is 2.28. The molecule has 3 aromatic rings. The molecule has 0 amide bonds. The van der Waals surface area contributed by atoms with Gasteiger partial charge in [0.1, 0.15) is 11.6 Å². The van der Waals surface area contributed by atoms with E-state index in [0.29, 0.717) is 12.1 Å². The van der Waals surface area contributed by atoms with Crippen LogP contribution in [0.3, 0.4) is 0 Å². The fourth-order valence-electron chi connectivity index (χ4n) is 4.34. The summed E-state index contributed by atoms with van der Waals surface area (Å²) in [6, 6.07) is 16.3. The Morgan fingerprint density at radius 3 is 2.88 bits per heavy atom. The zero-order chi connectivity index (χ0) is 15.9. The SMILES string of the molecule is c1ccc2c(Cc3nnc4n3CC3CCCC(C4)N3)cccc2c1. The molecule has 2 unspecified atom stereocenters. The number of hydrogen-bond donors (Lipinski definition) is 1. The Morgan fingerprint density at radius 2 is 1.88 bits per heavy atom. The largest absolute Gasteiger partial charge is 0.313 e. The summed E-state index contributed by atoms with van der Waals surface area (Å²) < 4.78 is 2.38. The maximum absolute atomic E-state index is 4.55. The van der Waals surface area contributed by atoms with Crippen LogP contribution in [-0.4, -0.2) is 26.8 Å². The Morgan fingerprint density at radius 1 is 1.00 bits per heavy atom. The lowest BCUT2D eigenvalue weighted by Gasteiger charge is -2.27. The van der Waals surface area contributed by atoms with E-state index in [0.717, 1.165) is 31.0 Å². The fraction of sp³-hybridized carbons (Fsp3) is 0.400. The van der Waals surface area contributed by atoms with Crippen LogP contribution in [0.25, 0.3) is 10.8 Å². The van der Waals surface area contributed by atoms with Crippen molar-refractivity contribution in [1.82, 2.24) is 20.1 Å². The first kappa shape index (κ1) is 14.2. The lowest BCUT2D eigenvalue weighted by molar-refractivity contribution is 0.313. The van der Waals surface area contributed by atoms with Crippen molar-refractivity contribution in [2.24, 2.45) is 0 Å². The Kier molecular flexibility index (Phi) is 3.37. The molecule has 1 N–H and O–H groups in total. The molecule has 5 rings (SSSR count). The van der Waals surface area contributed by atoms with E-state index in [-0.39, 0.29) is 0 Å². The van der Waals surface area contributed by atoms with Crippen LogP contribution in [0.1, 0.15) is 36.5 Å². The molecule has 1 saturated heterocycles. The Hall–Kier alpha value is -2.20. The van der Waals surface area contributed by atoms with Gasteiger partial charge in [0.2, 0.25) is 0 Å². The van der Waals surface area contributed by atoms with Crippen LogP contribution < -0.4 is 5.32 Å². The first-order valence-corrected chi connectivity index (χ1v) is 9.00. The van der Waals surface area contributed by atoms with Crippen molar-refractivity contribution in [1.29, 1.82) is 0 Å². The number of benzene rings is 2. The number of hydrogen-bond acceptors (Lipinski definition) is 3. The smallest absolute Gasteiger partial charge is 0.137 e. The minimum atomic E-state index is 0.576. The van der Waals surface area contributed by atoms with Crippen LogP contribution in [-0.2, 0) is 19.4 Å². The van der Waals surface area contributed by atoms with Crippen molar-refractivity contribution < 1.29 is 0 Å². The Balaban J connectivity index is 1.52. The van der Waals surface area contributed by atoms with Gasteiger partial charge in [-0.2, -0.15) is 0 Å². The van der Waals surface area contributed by atoms with Crippen LogP contribution in [0.5, 0.6) is 0 Å². The molecule has 4 heteroatoms. The fourth-order valence-corrected chi connectivity index (χ4v) is 4.34. The topological polar surface area (TPSA) is 42.7 Å². The summed E-state index contributed by atoms with van der Waals surface area (Å²) in [6.45, 7) is 1.01. The zero-order valence-corrected chi connectivity index (χ0v) is 13.8. The van der Waals surface area contributed by atoms with E-state index in [9.17, 15) is 0 Å². The third kappa shape index (κ3) is 2.42. The van der Waals surface area contributed by atoms with Gasteiger partial charge in [-0.05, 0) is 29.2 Å². The Bertz CT molecular complexity index is 877. The number of fused-ring (bicyclic) bond motifs is 4. The molecule has 2 aliphatic rings. The van der Waals surface area contributed by atoms with Crippen molar-refractivity contribution in [3.8, 4) is 0 Å². The molecule has 122 valence electrons. The van der Waals surface area contributed by atoms with Gasteiger partial charge in [-0.15, -0.1) is 10.2 Å². The van der Waals surface area contributed by atoms with Crippen molar-refractivity contribution in [3.05, 3.63) is 59.7 Å². The predicted molar refractivity (Wildman–Crippen MR) is 95.0 cm³/mol.